The summed E-state index contributed by atoms with van der Waals surface area (Å²) >= 11 is 0. The minimum absolute atomic E-state index is 0.0633. The zero-order valence-corrected chi connectivity index (χ0v) is 18.3. The summed E-state index contributed by atoms with van der Waals surface area (Å²) in [5.74, 6) is 0.248. The Balaban J connectivity index is 1.32. The first-order chi connectivity index (χ1) is 16.0. The monoisotopic (exact) mass is 450 g/mol. The van der Waals surface area contributed by atoms with E-state index in [0.717, 1.165) is 32.2 Å². The van der Waals surface area contributed by atoms with Crippen molar-refractivity contribution in [2.24, 2.45) is 5.92 Å². The van der Waals surface area contributed by atoms with Crippen LogP contribution in [-0.4, -0.2) is 44.8 Å². The van der Waals surface area contributed by atoms with Gasteiger partial charge in [-0.2, -0.15) is 10.1 Å². The second-order valence-electron chi connectivity index (χ2n) is 8.66. The molecule has 33 heavy (non-hydrogen) atoms. The third kappa shape index (κ3) is 4.46. The second kappa shape index (κ2) is 8.68. The molecule has 2 fully saturated rings. The Bertz CT molecular complexity index is 1200. The molecule has 1 saturated carbocycles. The van der Waals surface area contributed by atoms with Gasteiger partial charge in [0.2, 0.25) is 11.9 Å². The van der Waals surface area contributed by atoms with Crippen LogP contribution < -0.4 is 21.3 Å². The van der Waals surface area contributed by atoms with Crippen molar-refractivity contribution in [2.45, 2.75) is 38.3 Å². The van der Waals surface area contributed by atoms with E-state index in [1.807, 2.05) is 0 Å². The van der Waals surface area contributed by atoms with Gasteiger partial charge in [-0.1, -0.05) is 6.08 Å². The number of carbonyl (C=O) groups is 1. The number of hydrogen-bond donors (Lipinski definition) is 3. The lowest BCUT2D eigenvalue weighted by molar-refractivity contribution is -0.125. The third-order valence-corrected chi connectivity index (χ3v) is 6.12. The van der Waals surface area contributed by atoms with Gasteiger partial charge in [-0.3, -0.25) is 9.48 Å². The zero-order chi connectivity index (χ0) is 22.9. The lowest BCUT2D eigenvalue weighted by atomic mass is 9.96. The Morgan fingerprint density at radius 2 is 2.15 bits per heavy atom. The lowest BCUT2D eigenvalue weighted by Gasteiger charge is -2.33. The van der Waals surface area contributed by atoms with E-state index < -0.39 is 5.82 Å². The van der Waals surface area contributed by atoms with Gasteiger partial charge < -0.3 is 21.3 Å². The molecule has 3 heterocycles. The first-order valence-electron chi connectivity index (χ1n) is 11.2. The van der Waals surface area contributed by atoms with Gasteiger partial charge in [-0.15, -0.1) is 6.58 Å². The Hall–Kier alpha value is -3.69. The van der Waals surface area contributed by atoms with Crippen LogP contribution in [-0.2, 0) is 11.3 Å². The fourth-order valence-electron chi connectivity index (χ4n) is 4.25. The molecule has 2 aliphatic rings. The number of rotatable bonds is 7. The molecule has 3 aromatic rings. The van der Waals surface area contributed by atoms with Crippen molar-refractivity contribution in [3.8, 4) is 0 Å². The van der Waals surface area contributed by atoms with Crippen molar-refractivity contribution in [1.29, 1.82) is 0 Å². The maximum Gasteiger partial charge on any atom is 0.229 e. The second-order valence-corrected chi connectivity index (χ2v) is 8.66. The number of fused-ring (bicyclic) bond motifs is 1. The highest BCUT2D eigenvalue weighted by Crippen LogP contribution is 2.30. The van der Waals surface area contributed by atoms with Crippen molar-refractivity contribution in [3.63, 3.8) is 0 Å². The van der Waals surface area contributed by atoms with Crippen molar-refractivity contribution < 1.29 is 9.18 Å². The van der Waals surface area contributed by atoms with E-state index >= 15 is 0 Å². The number of nitrogens with two attached hydrogens (primary N) is 1. The van der Waals surface area contributed by atoms with E-state index in [0.29, 0.717) is 47.2 Å². The maximum atomic E-state index is 14.6. The molecule has 0 radical (unpaired) electrons. The number of nitrogens with zero attached hydrogens (tertiary/aromatic N) is 5. The number of nitrogens with one attached hydrogen (secondary N) is 2. The molecule has 1 atom stereocenters. The molecule has 1 aliphatic heterocycles. The third-order valence-electron chi connectivity index (χ3n) is 6.12. The summed E-state index contributed by atoms with van der Waals surface area (Å²) < 4.78 is 16.2. The Kier molecular flexibility index (Phi) is 5.57. The average molecular weight is 451 g/mol. The van der Waals surface area contributed by atoms with Gasteiger partial charge in [0.25, 0.3) is 0 Å². The summed E-state index contributed by atoms with van der Waals surface area (Å²) in [6.45, 7) is 5.57. The minimum atomic E-state index is -0.390. The normalized spacial score (nSPS) is 18.3. The number of aromatic nitrogens is 4. The molecule has 1 saturated heterocycles. The molecule has 1 aliphatic carbocycles. The van der Waals surface area contributed by atoms with Gasteiger partial charge in [-0.05, 0) is 37.8 Å². The number of allylic oxidation sites excluding steroid dienone is 1. The highest BCUT2D eigenvalue weighted by Gasteiger charge is 2.31. The number of nitrogen functional groups attached to an aromatic ring is 1. The van der Waals surface area contributed by atoms with E-state index in [2.05, 4.69) is 37.2 Å². The number of benzene rings is 1. The first kappa shape index (κ1) is 21.2. The van der Waals surface area contributed by atoms with Crippen LogP contribution in [0, 0.1) is 11.7 Å². The van der Waals surface area contributed by atoms with E-state index in [9.17, 15) is 9.18 Å². The average Bonchev–Trinajstić information content (AvgIpc) is 3.52. The van der Waals surface area contributed by atoms with Crippen molar-refractivity contribution in [2.75, 3.05) is 29.0 Å². The number of anilines is 4. The van der Waals surface area contributed by atoms with Crippen molar-refractivity contribution >= 4 is 40.0 Å². The molecule has 1 amide bonds. The van der Waals surface area contributed by atoms with Crippen LogP contribution in [0.3, 0.4) is 0 Å². The standard InChI is InChI=1S/C23H27FN8O/c1-2-7-32-19-10-16(9-18(24)17(19)11-27-32)29-23-26-12-20(21(25)30-23)31-8-3-4-14(13-31)22(33)28-15-5-6-15/h2,9-12,14-15H,1,3-8,13H2,(H,28,33)(H3,25,26,29,30). The van der Waals surface area contributed by atoms with Crippen LogP contribution >= 0.6 is 0 Å². The highest BCUT2D eigenvalue weighted by atomic mass is 19.1. The molecular formula is C23H27FN8O. The highest BCUT2D eigenvalue weighted by molar-refractivity contribution is 5.84. The number of halogens is 1. The minimum Gasteiger partial charge on any atom is -0.382 e. The molecule has 0 bridgehead atoms. The van der Waals surface area contributed by atoms with Crippen LogP contribution in [0.15, 0.2) is 37.2 Å². The van der Waals surface area contributed by atoms with Gasteiger partial charge in [0.1, 0.15) is 5.82 Å². The van der Waals surface area contributed by atoms with Crippen molar-refractivity contribution in [1.82, 2.24) is 25.1 Å². The smallest absolute Gasteiger partial charge is 0.229 e. The zero-order valence-electron chi connectivity index (χ0n) is 18.3. The van der Waals surface area contributed by atoms with Crippen LogP contribution in [0.1, 0.15) is 25.7 Å². The van der Waals surface area contributed by atoms with E-state index in [1.165, 1.54) is 12.3 Å². The molecule has 1 unspecified atom stereocenters. The summed E-state index contributed by atoms with van der Waals surface area (Å²) in [5.41, 5.74) is 8.09. The van der Waals surface area contributed by atoms with Gasteiger partial charge in [0, 0.05) is 24.8 Å². The SMILES string of the molecule is C=CCn1ncc2c(F)cc(Nc3ncc(N4CCCC(C(=O)NC5CC5)C4)c(N)n3)cc21. The Morgan fingerprint density at radius 1 is 1.30 bits per heavy atom. The van der Waals surface area contributed by atoms with Crippen LogP contribution in [0.25, 0.3) is 10.9 Å². The summed E-state index contributed by atoms with van der Waals surface area (Å²) in [4.78, 5) is 23.3. The van der Waals surface area contributed by atoms with E-state index in [4.69, 9.17) is 5.73 Å². The molecule has 172 valence electrons. The fraction of sp³-hybridized carbons (Fsp3) is 0.391. The fourth-order valence-corrected chi connectivity index (χ4v) is 4.25. The molecule has 9 nitrogen and oxygen atoms in total. The predicted octanol–water partition coefficient (Wildman–Crippen LogP) is 2.97. The van der Waals surface area contributed by atoms with Crippen LogP contribution in [0.4, 0.5) is 27.5 Å². The first-order valence-corrected chi connectivity index (χ1v) is 11.2. The van der Waals surface area contributed by atoms with Gasteiger partial charge in [0.05, 0.1) is 41.4 Å². The molecule has 1 aromatic carbocycles. The Morgan fingerprint density at radius 3 is 2.91 bits per heavy atom. The van der Waals surface area contributed by atoms with E-state index in [1.54, 1.807) is 23.0 Å². The Labute approximate surface area is 190 Å². The molecular weight excluding hydrogens is 423 g/mol. The summed E-state index contributed by atoms with van der Waals surface area (Å²) in [5, 5.41) is 10.8. The van der Waals surface area contributed by atoms with Crippen LogP contribution in [0.5, 0.6) is 0 Å². The quantitative estimate of drug-likeness (QED) is 0.474. The lowest BCUT2D eigenvalue weighted by Crippen LogP contribution is -2.44. The molecule has 0 spiro atoms. The summed E-state index contributed by atoms with van der Waals surface area (Å²) in [6, 6.07) is 3.52. The predicted molar refractivity (Wildman–Crippen MR) is 126 cm³/mol. The van der Waals surface area contributed by atoms with Crippen molar-refractivity contribution in [3.05, 3.63) is 43.0 Å². The number of hydrogen-bond acceptors (Lipinski definition) is 7. The summed E-state index contributed by atoms with van der Waals surface area (Å²) in [7, 11) is 0. The van der Waals surface area contributed by atoms with E-state index in [-0.39, 0.29) is 17.8 Å². The molecule has 5 rings (SSSR count). The number of carbonyl (C=O) groups excluding carboxylic acids is 1. The summed E-state index contributed by atoms with van der Waals surface area (Å²) in [6.07, 6.45) is 8.77. The largest absolute Gasteiger partial charge is 0.382 e. The van der Waals surface area contributed by atoms with Gasteiger partial charge >= 0.3 is 0 Å². The molecule has 2 aromatic heterocycles. The topological polar surface area (TPSA) is 114 Å². The molecule has 4 N–H and O–H groups in total. The number of piperidine rings is 1. The molecule has 10 heteroatoms. The maximum absolute atomic E-state index is 14.6. The van der Waals surface area contributed by atoms with Gasteiger partial charge in [-0.25, -0.2) is 9.37 Å². The number of amides is 1. The van der Waals surface area contributed by atoms with Gasteiger partial charge in [0.15, 0.2) is 5.82 Å². The van der Waals surface area contributed by atoms with Crippen LogP contribution in [0.2, 0.25) is 0 Å².